The first-order valence-corrected chi connectivity index (χ1v) is 5.29. The van der Waals surface area contributed by atoms with Gasteiger partial charge < -0.3 is 16.2 Å². The molecular weight excluding hydrogens is 190 g/mol. The summed E-state index contributed by atoms with van der Waals surface area (Å²) in [5.74, 6) is 0.463. The maximum atomic E-state index is 6.12. The highest BCUT2D eigenvalue weighted by molar-refractivity contribution is 5.44. The summed E-state index contributed by atoms with van der Waals surface area (Å²) < 4.78 is 5.32. The third kappa shape index (κ3) is 2.46. The standard InChI is InChI=1S/C11H17N3O/c12-10-1-3-14-6-9(10)5-11(13)8-2-4-15-7-8/h1,3,6,8,11H,2,4-5,7,13H2,(H2,12,14). The maximum absolute atomic E-state index is 6.12. The van der Waals surface area contributed by atoms with E-state index in [0.29, 0.717) is 5.92 Å². The lowest BCUT2D eigenvalue weighted by Gasteiger charge is -2.18. The third-order valence-electron chi connectivity index (χ3n) is 2.97. The van der Waals surface area contributed by atoms with Gasteiger partial charge in [-0.05, 0) is 30.4 Å². The van der Waals surface area contributed by atoms with E-state index in [2.05, 4.69) is 4.98 Å². The molecule has 0 amide bonds. The number of pyridine rings is 1. The van der Waals surface area contributed by atoms with E-state index in [1.807, 2.05) is 6.07 Å². The summed E-state index contributed by atoms with van der Waals surface area (Å²) in [4.78, 5) is 4.06. The Kier molecular flexibility index (Phi) is 3.18. The second-order valence-electron chi connectivity index (χ2n) is 4.07. The first-order chi connectivity index (χ1) is 7.27. The average Bonchev–Trinajstić information content (AvgIpc) is 2.74. The number of aromatic nitrogens is 1. The molecule has 0 radical (unpaired) electrons. The van der Waals surface area contributed by atoms with Gasteiger partial charge in [-0.2, -0.15) is 0 Å². The quantitative estimate of drug-likeness (QED) is 0.760. The van der Waals surface area contributed by atoms with Crippen LogP contribution in [-0.4, -0.2) is 24.2 Å². The zero-order valence-corrected chi connectivity index (χ0v) is 8.73. The average molecular weight is 207 g/mol. The number of hydrogen-bond donors (Lipinski definition) is 2. The molecule has 4 nitrogen and oxygen atoms in total. The van der Waals surface area contributed by atoms with Crippen molar-refractivity contribution in [3.63, 3.8) is 0 Å². The first kappa shape index (κ1) is 10.4. The monoisotopic (exact) mass is 207 g/mol. The number of ether oxygens (including phenoxy) is 1. The van der Waals surface area contributed by atoms with E-state index in [1.54, 1.807) is 12.4 Å². The SMILES string of the molecule is Nc1ccncc1CC(N)C1CCOC1. The van der Waals surface area contributed by atoms with Crippen LogP contribution in [0.25, 0.3) is 0 Å². The van der Waals surface area contributed by atoms with Crippen molar-refractivity contribution in [2.24, 2.45) is 11.7 Å². The molecule has 0 aromatic carbocycles. The summed E-state index contributed by atoms with van der Waals surface area (Å²) in [7, 11) is 0. The fourth-order valence-corrected chi connectivity index (χ4v) is 1.92. The van der Waals surface area contributed by atoms with Crippen LogP contribution in [0.15, 0.2) is 18.5 Å². The maximum Gasteiger partial charge on any atom is 0.0510 e. The van der Waals surface area contributed by atoms with E-state index in [9.17, 15) is 0 Å². The summed E-state index contributed by atoms with van der Waals surface area (Å²) in [6, 6.07) is 1.94. The van der Waals surface area contributed by atoms with Crippen LogP contribution in [0.5, 0.6) is 0 Å². The highest BCUT2D eigenvalue weighted by Gasteiger charge is 2.23. The Bertz CT molecular complexity index is 323. The second-order valence-corrected chi connectivity index (χ2v) is 4.07. The number of nitrogens with zero attached hydrogens (tertiary/aromatic N) is 1. The number of hydrogen-bond acceptors (Lipinski definition) is 4. The third-order valence-corrected chi connectivity index (χ3v) is 2.97. The van der Waals surface area contributed by atoms with Gasteiger partial charge >= 0.3 is 0 Å². The Morgan fingerprint density at radius 1 is 1.60 bits per heavy atom. The van der Waals surface area contributed by atoms with Gasteiger partial charge in [0.1, 0.15) is 0 Å². The highest BCUT2D eigenvalue weighted by atomic mass is 16.5. The fraction of sp³-hybridized carbons (Fsp3) is 0.545. The molecule has 4 N–H and O–H groups in total. The van der Waals surface area contributed by atoms with Crippen LogP contribution in [0.4, 0.5) is 5.69 Å². The van der Waals surface area contributed by atoms with Gasteiger partial charge in [0.05, 0.1) is 6.61 Å². The summed E-state index contributed by atoms with van der Waals surface area (Å²) in [6.45, 7) is 1.61. The molecule has 1 aliphatic rings. The van der Waals surface area contributed by atoms with Gasteiger partial charge in [0.15, 0.2) is 0 Å². The predicted octanol–water partition coefficient (Wildman–Crippen LogP) is 0.570. The van der Waals surface area contributed by atoms with E-state index < -0.39 is 0 Å². The zero-order chi connectivity index (χ0) is 10.7. The normalized spacial score (nSPS) is 22.9. The minimum atomic E-state index is 0.124. The molecule has 0 spiro atoms. The Hall–Kier alpha value is -1.13. The van der Waals surface area contributed by atoms with Gasteiger partial charge in [0.2, 0.25) is 0 Å². The molecule has 0 aliphatic carbocycles. The smallest absolute Gasteiger partial charge is 0.0510 e. The molecule has 0 bridgehead atoms. The number of nitrogen functional groups attached to an aromatic ring is 1. The van der Waals surface area contributed by atoms with Crippen molar-refractivity contribution in [3.05, 3.63) is 24.0 Å². The molecule has 2 atom stereocenters. The molecule has 82 valence electrons. The van der Waals surface area contributed by atoms with Crippen molar-refractivity contribution in [2.75, 3.05) is 18.9 Å². The van der Waals surface area contributed by atoms with E-state index in [0.717, 1.165) is 37.3 Å². The van der Waals surface area contributed by atoms with Crippen molar-refractivity contribution in [2.45, 2.75) is 18.9 Å². The molecule has 2 unspecified atom stereocenters. The topological polar surface area (TPSA) is 74.2 Å². The van der Waals surface area contributed by atoms with Gasteiger partial charge in [-0.1, -0.05) is 0 Å². The summed E-state index contributed by atoms with van der Waals surface area (Å²) in [5, 5.41) is 0. The Morgan fingerprint density at radius 3 is 3.13 bits per heavy atom. The summed E-state index contributed by atoms with van der Waals surface area (Å²) >= 11 is 0. The van der Waals surface area contributed by atoms with Crippen molar-refractivity contribution >= 4 is 5.69 Å². The minimum Gasteiger partial charge on any atom is -0.398 e. The lowest BCUT2D eigenvalue weighted by molar-refractivity contribution is 0.180. The van der Waals surface area contributed by atoms with Gasteiger partial charge in [-0.15, -0.1) is 0 Å². The van der Waals surface area contributed by atoms with Gasteiger partial charge in [0.25, 0.3) is 0 Å². The van der Waals surface area contributed by atoms with Crippen LogP contribution in [0.2, 0.25) is 0 Å². The minimum absolute atomic E-state index is 0.124. The highest BCUT2D eigenvalue weighted by Crippen LogP contribution is 2.20. The van der Waals surface area contributed by atoms with E-state index in [4.69, 9.17) is 16.2 Å². The van der Waals surface area contributed by atoms with Crippen molar-refractivity contribution in [1.82, 2.24) is 4.98 Å². The fourth-order valence-electron chi connectivity index (χ4n) is 1.92. The van der Waals surface area contributed by atoms with Crippen LogP contribution < -0.4 is 11.5 Å². The molecule has 1 saturated heterocycles. The molecule has 1 fully saturated rings. The molecule has 1 aliphatic heterocycles. The largest absolute Gasteiger partial charge is 0.398 e. The van der Waals surface area contributed by atoms with E-state index in [1.165, 1.54) is 0 Å². The van der Waals surface area contributed by atoms with Crippen LogP contribution in [0, 0.1) is 5.92 Å². The molecule has 2 heterocycles. The van der Waals surface area contributed by atoms with Crippen molar-refractivity contribution < 1.29 is 4.74 Å². The number of nitrogens with two attached hydrogens (primary N) is 2. The Labute approximate surface area is 89.6 Å². The lowest BCUT2D eigenvalue weighted by atomic mass is 9.94. The molecule has 1 aromatic heterocycles. The summed E-state index contributed by atoms with van der Waals surface area (Å²) in [6.07, 6.45) is 5.34. The summed E-state index contributed by atoms with van der Waals surface area (Å²) in [5.41, 5.74) is 13.8. The molecule has 4 heteroatoms. The predicted molar refractivity (Wildman–Crippen MR) is 59.3 cm³/mol. The Morgan fingerprint density at radius 2 is 2.47 bits per heavy atom. The van der Waals surface area contributed by atoms with E-state index in [-0.39, 0.29) is 6.04 Å². The second kappa shape index (κ2) is 4.59. The van der Waals surface area contributed by atoms with Crippen LogP contribution in [-0.2, 0) is 11.2 Å². The number of anilines is 1. The van der Waals surface area contributed by atoms with Crippen molar-refractivity contribution in [1.29, 1.82) is 0 Å². The molecule has 2 rings (SSSR count). The van der Waals surface area contributed by atoms with Crippen molar-refractivity contribution in [3.8, 4) is 0 Å². The van der Waals surface area contributed by atoms with Crippen LogP contribution >= 0.6 is 0 Å². The van der Waals surface area contributed by atoms with Crippen LogP contribution in [0.1, 0.15) is 12.0 Å². The number of rotatable bonds is 3. The lowest BCUT2D eigenvalue weighted by Crippen LogP contribution is -2.32. The molecular formula is C11H17N3O. The molecule has 15 heavy (non-hydrogen) atoms. The molecule has 0 saturated carbocycles. The van der Waals surface area contributed by atoms with Gasteiger partial charge in [-0.3, -0.25) is 4.98 Å². The van der Waals surface area contributed by atoms with E-state index >= 15 is 0 Å². The zero-order valence-electron chi connectivity index (χ0n) is 8.73. The van der Waals surface area contributed by atoms with Gasteiger partial charge in [0, 0.05) is 30.7 Å². The molecule has 1 aromatic rings. The van der Waals surface area contributed by atoms with Crippen LogP contribution in [0.3, 0.4) is 0 Å². The first-order valence-electron chi connectivity index (χ1n) is 5.29. The van der Waals surface area contributed by atoms with Gasteiger partial charge in [-0.25, -0.2) is 0 Å². The Balaban J connectivity index is 1.99.